The first-order valence-electron chi connectivity index (χ1n) is 21.1. The van der Waals surface area contributed by atoms with Crippen LogP contribution in [0.3, 0.4) is 0 Å². The highest BCUT2D eigenvalue weighted by molar-refractivity contribution is 7.47. The number of phosphoric ester groups is 1. The second kappa shape index (κ2) is 40.8. The number of amides is 1. The van der Waals surface area contributed by atoms with Gasteiger partial charge in [0.05, 0.1) is 13.2 Å². The molecule has 0 aromatic carbocycles. The van der Waals surface area contributed by atoms with Gasteiger partial charge in [-0.05, 0) is 77.0 Å². The third kappa shape index (κ3) is 42.2. The van der Waals surface area contributed by atoms with Crippen molar-refractivity contribution in [2.75, 3.05) is 26.4 Å². The van der Waals surface area contributed by atoms with Crippen molar-refractivity contribution in [3.63, 3.8) is 0 Å². The van der Waals surface area contributed by atoms with Crippen molar-refractivity contribution < 1.29 is 37.9 Å². The van der Waals surface area contributed by atoms with Gasteiger partial charge in [-0.25, -0.2) is 4.57 Å². The molecular formula is C45H76NO8P. The molecule has 3 N–H and O–H groups in total. The average molecular weight is 790 g/mol. The summed E-state index contributed by atoms with van der Waals surface area (Å²) in [7, 11) is -4.44. The average Bonchev–Trinajstić information content (AvgIpc) is 3.17. The lowest BCUT2D eigenvalue weighted by molar-refractivity contribution is -0.147. The minimum atomic E-state index is -4.44. The SMILES string of the molecule is CC/C=C\C/C=C\C/C=C\C/C=C\C/C=C\C/C=C\CCC(=O)OCC(O)COP(=O)(O)OCCNC(=O)CCCCCCC/C=C\CCCCCCCC. The Morgan fingerprint density at radius 3 is 1.60 bits per heavy atom. The molecule has 0 aliphatic rings. The number of esters is 1. The van der Waals surface area contributed by atoms with Gasteiger partial charge in [0.1, 0.15) is 12.7 Å². The summed E-state index contributed by atoms with van der Waals surface area (Å²) >= 11 is 0. The number of allylic oxidation sites excluding steroid dienone is 14. The lowest BCUT2D eigenvalue weighted by atomic mass is 10.1. The summed E-state index contributed by atoms with van der Waals surface area (Å²) < 4.78 is 26.8. The topological polar surface area (TPSA) is 131 Å². The second-order valence-corrected chi connectivity index (χ2v) is 15.0. The zero-order chi connectivity index (χ0) is 40.3. The summed E-state index contributed by atoms with van der Waals surface area (Å²) in [6, 6.07) is 0. The molecule has 9 nitrogen and oxygen atoms in total. The van der Waals surface area contributed by atoms with E-state index in [-0.39, 0.29) is 32.1 Å². The Morgan fingerprint density at radius 1 is 0.582 bits per heavy atom. The molecule has 0 aromatic heterocycles. The zero-order valence-electron chi connectivity index (χ0n) is 34.3. The van der Waals surface area contributed by atoms with E-state index < -0.39 is 26.5 Å². The van der Waals surface area contributed by atoms with Crippen LogP contribution >= 0.6 is 7.82 Å². The van der Waals surface area contributed by atoms with Gasteiger partial charge in [0, 0.05) is 19.4 Å². The zero-order valence-corrected chi connectivity index (χ0v) is 35.2. The van der Waals surface area contributed by atoms with Gasteiger partial charge in [0.15, 0.2) is 0 Å². The molecule has 0 spiro atoms. The third-order valence-electron chi connectivity index (χ3n) is 8.32. The highest BCUT2D eigenvalue weighted by Crippen LogP contribution is 2.42. The minimum absolute atomic E-state index is 0.0642. The van der Waals surface area contributed by atoms with Gasteiger partial charge in [-0.2, -0.15) is 0 Å². The molecule has 10 heteroatoms. The molecule has 0 fully saturated rings. The minimum Gasteiger partial charge on any atom is -0.463 e. The number of carbonyl (C=O) groups excluding carboxylic acids is 2. The standard InChI is InChI=1S/C45H76NO8P/c1-3-5-7-9-11-13-15-17-19-20-21-22-24-26-28-30-32-34-36-38-45(49)52-41-43(47)42-54-55(50,51)53-40-39-46-44(48)37-35-33-31-29-27-25-23-18-16-14-12-10-8-6-4-2/h5,7,11,13,17-19,21-23,26,28,32,34,43,47H,3-4,6,8-10,12,14-16,20,24-25,27,29-31,33,35-42H2,1-2H3,(H,46,48)(H,50,51)/b7-5-,13-11-,19-17-,22-21-,23-18-,28-26-,34-32-. The molecule has 2 atom stereocenters. The van der Waals surface area contributed by atoms with E-state index in [1.807, 2.05) is 12.2 Å². The van der Waals surface area contributed by atoms with Crippen molar-refractivity contribution in [1.29, 1.82) is 0 Å². The van der Waals surface area contributed by atoms with Gasteiger partial charge in [-0.1, -0.05) is 150 Å². The molecule has 0 radical (unpaired) electrons. The van der Waals surface area contributed by atoms with E-state index in [1.165, 1.54) is 51.4 Å². The summed E-state index contributed by atoms with van der Waals surface area (Å²) in [5.74, 6) is -0.618. The molecule has 0 aliphatic carbocycles. The highest BCUT2D eigenvalue weighted by atomic mass is 31.2. The third-order valence-corrected chi connectivity index (χ3v) is 9.31. The lowest BCUT2D eigenvalue weighted by Crippen LogP contribution is -2.27. The van der Waals surface area contributed by atoms with Crippen LogP contribution in [0.4, 0.5) is 0 Å². The van der Waals surface area contributed by atoms with Crippen molar-refractivity contribution in [1.82, 2.24) is 5.32 Å². The maximum absolute atomic E-state index is 12.1. The van der Waals surface area contributed by atoms with Crippen LogP contribution in [0, 0.1) is 0 Å². The molecule has 55 heavy (non-hydrogen) atoms. The molecule has 0 bridgehead atoms. The Labute approximate surface area is 334 Å². The number of unbranched alkanes of at least 4 members (excludes halogenated alkanes) is 11. The number of nitrogens with one attached hydrogen (secondary N) is 1. The van der Waals surface area contributed by atoms with E-state index in [4.69, 9.17) is 13.8 Å². The molecule has 2 unspecified atom stereocenters. The Morgan fingerprint density at radius 2 is 1.05 bits per heavy atom. The fourth-order valence-electron chi connectivity index (χ4n) is 5.16. The molecular weight excluding hydrogens is 713 g/mol. The number of hydrogen-bond acceptors (Lipinski definition) is 7. The van der Waals surface area contributed by atoms with E-state index in [9.17, 15) is 24.2 Å². The van der Waals surface area contributed by atoms with Gasteiger partial charge in [0.25, 0.3) is 0 Å². The number of carbonyl (C=O) groups is 2. The van der Waals surface area contributed by atoms with E-state index >= 15 is 0 Å². The lowest BCUT2D eigenvalue weighted by Gasteiger charge is -2.15. The normalized spacial score (nSPS) is 14.2. The summed E-state index contributed by atoms with van der Waals surface area (Å²) in [4.78, 5) is 33.8. The van der Waals surface area contributed by atoms with Crippen LogP contribution in [0.1, 0.15) is 155 Å². The quantitative estimate of drug-likeness (QED) is 0.0244. The molecule has 0 aliphatic heterocycles. The fourth-order valence-corrected chi connectivity index (χ4v) is 5.92. The van der Waals surface area contributed by atoms with Gasteiger partial charge in [-0.15, -0.1) is 0 Å². The van der Waals surface area contributed by atoms with Crippen LogP contribution in [-0.2, 0) is 27.9 Å². The maximum Gasteiger partial charge on any atom is 0.472 e. The van der Waals surface area contributed by atoms with E-state index in [1.54, 1.807) is 0 Å². The molecule has 1 amide bonds. The van der Waals surface area contributed by atoms with Crippen LogP contribution in [-0.4, -0.2) is 54.3 Å². The smallest absolute Gasteiger partial charge is 0.463 e. The number of aliphatic hydroxyl groups excluding tert-OH is 1. The van der Waals surface area contributed by atoms with E-state index in [2.05, 4.69) is 92.1 Å². The van der Waals surface area contributed by atoms with Crippen LogP contribution in [0.5, 0.6) is 0 Å². The molecule has 0 rings (SSSR count). The van der Waals surface area contributed by atoms with Crippen LogP contribution in [0.15, 0.2) is 85.1 Å². The Kier molecular flexibility index (Phi) is 38.8. The van der Waals surface area contributed by atoms with Crippen LogP contribution in [0.2, 0.25) is 0 Å². The van der Waals surface area contributed by atoms with Gasteiger partial charge < -0.3 is 20.1 Å². The summed E-state index contributed by atoms with van der Waals surface area (Å²) in [6.07, 6.45) is 51.0. The number of aliphatic hydroxyl groups is 1. The van der Waals surface area contributed by atoms with Crippen molar-refractivity contribution in [2.24, 2.45) is 0 Å². The Hall–Kier alpha value is -2.81. The largest absolute Gasteiger partial charge is 0.472 e. The summed E-state index contributed by atoms with van der Waals surface area (Å²) in [5.41, 5.74) is 0. The molecule has 0 saturated heterocycles. The Balaban J connectivity index is 3.75. The van der Waals surface area contributed by atoms with Crippen molar-refractivity contribution in [3.05, 3.63) is 85.1 Å². The van der Waals surface area contributed by atoms with Crippen molar-refractivity contribution in [2.45, 2.75) is 161 Å². The Bertz CT molecular complexity index is 1170. The van der Waals surface area contributed by atoms with Crippen LogP contribution in [0.25, 0.3) is 0 Å². The van der Waals surface area contributed by atoms with E-state index in [0.717, 1.165) is 70.6 Å². The first-order valence-corrected chi connectivity index (χ1v) is 22.6. The molecule has 314 valence electrons. The van der Waals surface area contributed by atoms with Gasteiger partial charge in [0.2, 0.25) is 5.91 Å². The number of phosphoric acid groups is 1. The predicted octanol–water partition coefficient (Wildman–Crippen LogP) is 11.7. The van der Waals surface area contributed by atoms with Crippen LogP contribution < -0.4 is 5.32 Å². The first kappa shape index (κ1) is 52.2. The molecule has 0 heterocycles. The van der Waals surface area contributed by atoms with Gasteiger partial charge >= 0.3 is 13.8 Å². The first-order chi connectivity index (χ1) is 26.8. The van der Waals surface area contributed by atoms with Crippen molar-refractivity contribution >= 4 is 19.7 Å². The predicted molar refractivity (Wildman–Crippen MR) is 229 cm³/mol. The maximum atomic E-state index is 12.1. The van der Waals surface area contributed by atoms with Gasteiger partial charge in [-0.3, -0.25) is 18.6 Å². The summed E-state index contributed by atoms with van der Waals surface area (Å²) in [6.45, 7) is 3.32. The molecule has 0 saturated carbocycles. The number of hydrogen-bond donors (Lipinski definition) is 3. The fraction of sp³-hybridized carbons (Fsp3) is 0.644. The van der Waals surface area contributed by atoms with Crippen molar-refractivity contribution in [3.8, 4) is 0 Å². The molecule has 0 aromatic rings. The number of ether oxygens (including phenoxy) is 1. The summed E-state index contributed by atoms with van der Waals surface area (Å²) in [5, 5.41) is 12.7. The van der Waals surface area contributed by atoms with E-state index in [0.29, 0.717) is 12.8 Å². The monoisotopic (exact) mass is 790 g/mol. The highest BCUT2D eigenvalue weighted by Gasteiger charge is 2.23. The number of rotatable bonds is 38. The second-order valence-electron chi connectivity index (χ2n) is 13.6.